The molecule has 0 saturated heterocycles. The fourth-order valence-corrected chi connectivity index (χ4v) is 3.89. The van der Waals surface area contributed by atoms with Gasteiger partial charge in [-0.05, 0) is 55.0 Å². The summed E-state index contributed by atoms with van der Waals surface area (Å²) in [4.78, 5) is 0. The number of halogens is 2. The first kappa shape index (κ1) is 15.1. The molecule has 21 heavy (non-hydrogen) atoms. The Morgan fingerprint density at radius 1 is 1.24 bits per heavy atom. The molecule has 3 atom stereocenters. The lowest BCUT2D eigenvalue weighted by Gasteiger charge is -2.17. The number of nitrogens with one attached hydrogen (secondary N) is 1. The van der Waals surface area contributed by atoms with Crippen molar-refractivity contribution in [2.45, 2.75) is 24.8 Å². The molecule has 0 amide bonds. The Bertz CT molecular complexity index is 614. The van der Waals surface area contributed by atoms with Gasteiger partial charge in [0.05, 0.1) is 0 Å². The van der Waals surface area contributed by atoms with Gasteiger partial charge in [-0.2, -0.15) is 0 Å². The quantitative estimate of drug-likeness (QED) is 0.784. The van der Waals surface area contributed by atoms with Gasteiger partial charge in [0.1, 0.15) is 0 Å². The maximum Gasteiger partial charge on any atom is 0.0449 e. The molecule has 0 aromatic heterocycles. The molecular weight excluding hydrogens is 346 g/mol. The van der Waals surface area contributed by atoms with E-state index >= 15 is 0 Å². The molecule has 2 aromatic carbocycles. The van der Waals surface area contributed by atoms with Crippen molar-refractivity contribution in [1.82, 2.24) is 5.32 Å². The van der Waals surface area contributed by atoms with Crippen LogP contribution in [-0.2, 0) is 6.42 Å². The van der Waals surface area contributed by atoms with Gasteiger partial charge in [-0.1, -0.05) is 63.9 Å². The molecule has 110 valence electrons. The number of rotatable bonds is 5. The summed E-state index contributed by atoms with van der Waals surface area (Å²) < 4.78 is 1.03. The highest BCUT2D eigenvalue weighted by molar-refractivity contribution is 9.10. The van der Waals surface area contributed by atoms with Crippen LogP contribution in [0.1, 0.15) is 23.5 Å². The van der Waals surface area contributed by atoms with Crippen LogP contribution in [0.4, 0.5) is 0 Å². The van der Waals surface area contributed by atoms with Crippen molar-refractivity contribution in [3.8, 4) is 0 Å². The molecular formula is C18H19BrClN. The van der Waals surface area contributed by atoms with Crippen molar-refractivity contribution >= 4 is 27.5 Å². The molecule has 3 rings (SSSR count). The van der Waals surface area contributed by atoms with Gasteiger partial charge < -0.3 is 5.32 Å². The Kier molecular flexibility index (Phi) is 4.68. The van der Waals surface area contributed by atoms with Crippen LogP contribution in [0.15, 0.2) is 53.0 Å². The minimum Gasteiger partial charge on any atom is -0.316 e. The standard InChI is InChI=1S/C18H19BrClN/c1-21-18(9-13-7-8-14(19)10-17(13)20)16-11-15(16)12-5-3-2-4-6-12/h2-8,10,15-16,18,21H,9,11H2,1H3. The van der Waals surface area contributed by atoms with Gasteiger partial charge in [0.25, 0.3) is 0 Å². The minimum absolute atomic E-state index is 0.480. The van der Waals surface area contributed by atoms with Gasteiger partial charge in [0.15, 0.2) is 0 Å². The van der Waals surface area contributed by atoms with E-state index in [0.717, 1.165) is 15.9 Å². The molecule has 2 aromatic rings. The Morgan fingerprint density at radius 2 is 2.00 bits per heavy atom. The summed E-state index contributed by atoms with van der Waals surface area (Å²) in [5.41, 5.74) is 2.68. The van der Waals surface area contributed by atoms with E-state index in [1.54, 1.807) is 0 Å². The molecule has 3 unspecified atom stereocenters. The zero-order valence-corrected chi connectivity index (χ0v) is 14.4. The lowest BCUT2D eigenvalue weighted by Crippen LogP contribution is -2.30. The second-order valence-electron chi connectivity index (χ2n) is 5.75. The summed E-state index contributed by atoms with van der Waals surface area (Å²) in [7, 11) is 2.05. The van der Waals surface area contributed by atoms with E-state index < -0.39 is 0 Å². The van der Waals surface area contributed by atoms with Gasteiger partial charge in [-0.25, -0.2) is 0 Å². The number of likely N-dealkylation sites (N-methyl/N-ethyl adjacent to an activating group) is 1. The monoisotopic (exact) mass is 363 g/mol. The van der Waals surface area contributed by atoms with Crippen molar-refractivity contribution in [1.29, 1.82) is 0 Å². The molecule has 0 bridgehead atoms. The Hall–Kier alpha value is -0.830. The summed E-state index contributed by atoms with van der Waals surface area (Å²) in [5, 5.41) is 4.33. The smallest absolute Gasteiger partial charge is 0.0449 e. The molecule has 3 heteroatoms. The lowest BCUT2D eigenvalue weighted by molar-refractivity contribution is 0.491. The van der Waals surface area contributed by atoms with E-state index in [2.05, 4.69) is 70.8 Å². The van der Waals surface area contributed by atoms with E-state index in [9.17, 15) is 0 Å². The molecule has 1 N–H and O–H groups in total. The summed E-state index contributed by atoms with van der Waals surface area (Å²) >= 11 is 9.81. The average molecular weight is 365 g/mol. The van der Waals surface area contributed by atoms with Gasteiger partial charge in [-0.3, -0.25) is 0 Å². The van der Waals surface area contributed by atoms with Crippen molar-refractivity contribution in [3.63, 3.8) is 0 Å². The van der Waals surface area contributed by atoms with Crippen LogP contribution in [0.3, 0.4) is 0 Å². The summed E-state index contributed by atoms with van der Waals surface area (Å²) in [6.07, 6.45) is 2.25. The molecule has 0 spiro atoms. The fourth-order valence-electron chi connectivity index (χ4n) is 3.13. The van der Waals surface area contributed by atoms with E-state index in [1.807, 2.05) is 6.07 Å². The SMILES string of the molecule is CNC(Cc1ccc(Br)cc1Cl)C1CC1c1ccccc1. The molecule has 0 heterocycles. The maximum atomic E-state index is 6.35. The summed E-state index contributed by atoms with van der Waals surface area (Å²) in [5.74, 6) is 1.40. The van der Waals surface area contributed by atoms with Crippen LogP contribution < -0.4 is 5.32 Å². The molecule has 1 fully saturated rings. The largest absolute Gasteiger partial charge is 0.316 e. The van der Waals surface area contributed by atoms with Crippen LogP contribution in [0.2, 0.25) is 5.02 Å². The van der Waals surface area contributed by atoms with E-state index in [0.29, 0.717) is 17.9 Å². The number of hydrogen-bond acceptors (Lipinski definition) is 1. The van der Waals surface area contributed by atoms with Crippen LogP contribution in [0.25, 0.3) is 0 Å². The first-order valence-corrected chi connectivity index (χ1v) is 8.52. The second-order valence-corrected chi connectivity index (χ2v) is 7.07. The van der Waals surface area contributed by atoms with Crippen LogP contribution >= 0.6 is 27.5 Å². The first-order valence-electron chi connectivity index (χ1n) is 7.35. The van der Waals surface area contributed by atoms with Crippen LogP contribution in [0, 0.1) is 5.92 Å². The third-order valence-electron chi connectivity index (χ3n) is 4.41. The van der Waals surface area contributed by atoms with Crippen LogP contribution in [0.5, 0.6) is 0 Å². The van der Waals surface area contributed by atoms with E-state index in [-0.39, 0.29) is 0 Å². The van der Waals surface area contributed by atoms with Gasteiger partial charge in [0, 0.05) is 15.5 Å². The fraction of sp³-hybridized carbons (Fsp3) is 0.333. The Labute approximate surface area is 139 Å². The lowest BCUT2D eigenvalue weighted by atomic mass is 9.99. The normalized spacial score (nSPS) is 22.0. The topological polar surface area (TPSA) is 12.0 Å². The third kappa shape index (κ3) is 3.50. The molecule has 1 saturated carbocycles. The Morgan fingerprint density at radius 3 is 2.67 bits per heavy atom. The van der Waals surface area contributed by atoms with Crippen molar-refractivity contribution < 1.29 is 0 Å². The first-order chi connectivity index (χ1) is 10.2. The maximum absolute atomic E-state index is 6.35. The molecule has 0 aliphatic heterocycles. The van der Waals surface area contributed by atoms with Crippen molar-refractivity contribution in [2.75, 3.05) is 7.05 Å². The molecule has 1 aliphatic rings. The highest BCUT2D eigenvalue weighted by Gasteiger charge is 2.43. The zero-order valence-electron chi connectivity index (χ0n) is 12.0. The molecule has 1 aliphatic carbocycles. The van der Waals surface area contributed by atoms with Gasteiger partial charge >= 0.3 is 0 Å². The van der Waals surface area contributed by atoms with Crippen molar-refractivity contribution in [3.05, 3.63) is 69.2 Å². The van der Waals surface area contributed by atoms with Crippen LogP contribution in [-0.4, -0.2) is 13.1 Å². The number of benzene rings is 2. The average Bonchev–Trinajstić information content (AvgIpc) is 3.28. The highest BCUT2D eigenvalue weighted by atomic mass is 79.9. The minimum atomic E-state index is 0.480. The third-order valence-corrected chi connectivity index (χ3v) is 5.26. The van der Waals surface area contributed by atoms with Gasteiger partial charge in [-0.15, -0.1) is 0 Å². The van der Waals surface area contributed by atoms with E-state index in [4.69, 9.17) is 11.6 Å². The highest BCUT2D eigenvalue weighted by Crippen LogP contribution is 2.50. The predicted molar refractivity (Wildman–Crippen MR) is 93.0 cm³/mol. The Balaban J connectivity index is 1.70. The van der Waals surface area contributed by atoms with Crippen molar-refractivity contribution in [2.24, 2.45) is 5.92 Å². The molecule has 0 radical (unpaired) electrons. The number of hydrogen-bond donors (Lipinski definition) is 1. The second kappa shape index (κ2) is 6.51. The van der Waals surface area contributed by atoms with E-state index in [1.165, 1.54) is 17.5 Å². The summed E-state index contributed by atoms with van der Waals surface area (Å²) in [6.45, 7) is 0. The predicted octanol–water partition coefficient (Wildman–Crippen LogP) is 5.04. The molecule has 1 nitrogen and oxygen atoms in total. The zero-order chi connectivity index (χ0) is 14.8. The summed E-state index contributed by atoms with van der Waals surface area (Å²) in [6, 6.07) is 17.5. The van der Waals surface area contributed by atoms with Gasteiger partial charge in [0.2, 0.25) is 0 Å².